The largest absolute Gasteiger partial charge is 0.490 e. The SMILES string of the molecule is CCOc1ccccc1OCCCC(=O)Nc1ccc(C(F)(F)F)cc1. The summed E-state index contributed by atoms with van der Waals surface area (Å²) >= 11 is 0. The average Bonchev–Trinajstić information content (AvgIpc) is 2.60. The van der Waals surface area contributed by atoms with Crippen LogP contribution >= 0.6 is 0 Å². The standard InChI is InChI=1S/C19H20F3NO3/c1-2-25-16-6-3-4-7-17(16)26-13-5-8-18(24)23-15-11-9-14(10-12-15)19(20,21)22/h3-4,6-7,9-12H,2,5,8,13H2,1H3,(H,23,24). The fourth-order valence-electron chi connectivity index (χ4n) is 2.23. The number of nitrogens with one attached hydrogen (secondary N) is 1. The number of anilines is 1. The van der Waals surface area contributed by atoms with Crippen molar-refractivity contribution in [3.8, 4) is 11.5 Å². The Hall–Kier alpha value is -2.70. The molecule has 0 spiro atoms. The van der Waals surface area contributed by atoms with Gasteiger partial charge in [0.1, 0.15) is 0 Å². The van der Waals surface area contributed by atoms with Gasteiger partial charge < -0.3 is 14.8 Å². The second-order valence-corrected chi connectivity index (χ2v) is 5.46. The summed E-state index contributed by atoms with van der Waals surface area (Å²) in [5.41, 5.74) is -0.428. The van der Waals surface area contributed by atoms with Gasteiger partial charge in [-0.2, -0.15) is 13.2 Å². The van der Waals surface area contributed by atoms with Crippen molar-refractivity contribution in [1.29, 1.82) is 0 Å². The van der Waals surface area contributed by atoms with E-state index < -0.39 is 11.7 Å². The maximum Gasteiger partial charge on any atom is 0.416 e. The molecule has 1 amide bonds. The van der Waals surface area contributed by atoms with Gasteiger partial charge in [-0.3, -0.25) is 4.79 Å². The lowest BCUT2D eigenvalue weighted by Crippen LogP contribution is -2.13. The average molecular weight is 367 g/mol. The van der Waals surface area contributed by atoms with Crippen molar-refractivity contribution in [1.82, 2.24) is 0 Å². The molecule has 0 fully saturated rings. The van der Waals surface area contributed by atoms with E-state index in [0.717, 1.165) is 12.1 Å². The van der Waals surface area contributed by atoms with Gasteiger partial charge in [-0.1, -0.05) is 12.1 Å². The van der Waals surface area contributed by atoms with Gasteiger partial charge in [-0.25, -0.2) is 0 Å². The smallest absolute Gasteiger partial charge is 0.416 e. The fraction of sp³-hybridized carbons (Fsp3) is 0.316. The number of ether oxygens (including phenoxy) is 2. The lowest BCUT2D eigenvalue weighted by molar-refractivity contribution is -0.137. The van der Waals surface area contributed by atoms with E-state index in [-0.39, 0.29) is 12.3 Å². The molecule has 0 radical (unpaired) electrons. The molecule has 1 N–H and O–H groups in total. The Bertz CT molecular complexity index is 715. The van der Waals surface area contributed by atoms with Crippen LogP contribution in [-0.4, -0.2) is 19.1 Å². The van der Waals surface area contributed by atoms with E-state index in [4.69, 9.17) is 9.47 Å². The highest BCUT2D eigenvalue weighted by Gasteiger charge is 2.29. The Morgan fingerprint density at radius 1 is 1.00 bits per heavy atom. The first-order valence-electron chi connectivity index (χ1n) is 8.22. The molecule has 2 aromatic rings. The predicted octanol–water partition coefficient (Wildman–Crippen LogP) is 4.90. The van der Waals surface area contributed by atoms with Crippen LogP contribution in [0.4, 0.5) is 18.9 Å². The van der Waals surface area contributed by atoms with Crippen LogP contribution in [0.2, 0.25) is 0 Å². The molecule has 26 heavy (non-hydrogen) atoms. The van der Waals surface area contributed by atoms with Crippen molar-refractivity contribution in [3.63, 3.8) is 0 Å². The number of halogens is 3. The second-order valence-electron chi connectivity index (χ2n) is 5.46. The topological polar surface area (TPSA) is 47.6 Å². The number of carbonyl (C=O) groups is 1. The molecule has 2 aromatic carbocycles. The summed E-state index contributed by atoms with van der Waals surface area (Å²) in [4.78, 5) is 11.9. The van der Waals surface area contributed by atoms with Crippen LogP contribution in [0.1, 0.15) is 25.3 Å². The number of amides is 1. The van der Waals surface area contributed by atoms with Crippen LogP contribution in [0.5, 0.6) is 11.5 Å². The molecule has 7 heteroatoms. The molecule has 0 unspecified atom stereocenters. The summed E-state index contributed by atoms with van der Waals surface area (Å²) in [6.45, 7) is 2.72. The van der Waals surface area contributed by atoms with E-state index in [0.29, 0.717) is 36.8 Å². The normalized spacial score (nSPS) is 11.1. The van der Waals surface area contributed by atoms with Gasteiger partial charge in [-0.15, -0.1) is 0 Å². The zero-order valence-electron chi connectivity index (χ0n) is 14.3. The number of hydrogen-bond donors (Lipinski definition) is 1. The van der Waals surface area contributed by atoms with E-state index in [1.165, 1.54) is 12.1 Å². The Morgan fingerprint density at radius 2 is 1.62 bits per heavy atom. The minimum absolute atomic E-state index is 0.192. The second kappa shape index (κ2) is 9.12. The molecule has 4 nitrogen and oxygen atoms in total. The van der Waals surface area contributed by atoms with Crippen molar-refractivity contribution in [3.05, 3.63) is 54.1 Å². The number of para-hydroxylation sites is 2. The fourth-order valence-corrected chi connectivity index (χ4v) is 2.23. The zero-order valence-corrected chi connectivity index (χ0v) is 14.3. The van der Waals surface area contributed by atoms with Crippen LogP contribution in [0.25, 0.3) is 0 Å². The number of hydrogen-bond acceptors (Lipinski definition) is 3. The van der Waals surface area contributed by atoms with Gasteiger partial charge in [0.25, 0.3) is 0 Å². The molecule has 0 aromatic heterocycles. The molecule has 0 aliphatic rings. The molecule has 0 saturated heterocycles. The molecule has 0 saturated carbocycles. The zero-order chi connectivity index (χ0) is 19.0. The van der Waals surface area contributed by atoms with Crippen LogP contribution < -0.4 is 14.8 Å². The first-order chi connectivity index (χ1) is 12.4. The molecule has 0 aliphatic heterocycles. The van der Waals surface area contributed by atoms with Gasteiger partial charge in [0, 0.05) is 12.1 Å². The van der Waals surface area contributed by atoms with E-state index in [2.05, 4.69) is 5.32 Å². The summed E-state index contributed by atoms with van der Waals surface area (Å²) in [5.74, 6) is 0.966. The highest BCUT2D eigenvalue weighted by Crippen LogP contribution is 2.30. The van der Waals surface area contributed by atoms with Crippen LogP contribution in [0.15, 0.2) is 48.5 Å². The summed E-state index contributed by atoms with van der Waals surface area (Å²) < 4.78 is 48.5. The minimum Gasteiger partial charge on any atom is -0.490 e. The number of rotatable bonds is 8. The quantitative estimate of drug-likeness (QED) is 0.675. The van der Waals surface area contributed by atoms with Crippen LogP contribution in [-0.2, 0) is 11.0 Å². The van der Waals surface area contributed by atoms with Crippen molar-refractivity contribution in [2.24, 2.45) is 0 Å². The summed E-state index contributed by atoms with van der Waals surface area (Å²) in [5, 5.41) is 2.56. The van der Waals surface area contributed by atoms with Crippen molar-refractivity contribution < 1.29 is 27.4 Å². The maximum absolute atomic E-state index is 12.5. The summed E-state index contributed by atoms with van der Waals surface area (Å²) in [6, 6.07) is 11.6. The Labute approximate surface area is 149 Å². The Balaban J connectivity index is 1.76. The lowest BCUT2D eigenvalue weighted by atomic mass is 10.2. The van der Waals surface area contributed by atoms with Gasteiger partial charge in [0.15, 0.2) is 11.5 Å². The lowest BCUT2D eigenvalue weighted by Gasteiger charge is -2.11. The Morgan fingerprint density at radius 3 is 2.19 bits per heavy atom. The first kappa shape index (κ1) is 19.6. The van der Waals surface area contributed by atoms with Gasteiger partial charge in [0.05, 0.1) is 18.8 Å². The van der Waals surface area contributed by atoms with E-state index >= 15 is 0 Å². The van der Waals surface area contributed by atoms with Crippen LogP contribution in [0.3, 0.4) is 0 Å². The molecule has 140 valence electrons. The van der Waals surface area contributed by atoms with Crippen molar-refractivity contribution >= 4 is 11.6 Å². The van der Waals surface area contributed by atoms with E-state index in [9.17, 15) is 18.0 Å². The third kappa shape index (κ3) is 5.98. The number of carbonyl (C=O) groups excluding carboxylic acids is 1. The van der Waals surface area contributed by atoms with Gasteiger partial charge in [-0.05, 0) is 49.7 Å². The maximum atomic E-state index is 12.5. The number of benzene rings is 2. The molecule has 0 heterocycles. The number of alkyl halides is 3. The van der Waals surface area contributed by atoms with E-state index in [1.54, 1.807) is 12.1 Å². The molecule has 0 bridgehead atoms. The molecule has 0 atom stereocenters. The molecular formula is C19H20F3NO3. The van der Waals surface area contributed by atoms with Gasteiger partial charge >= 0.3 is 6.18 Å². The summed E-state index contributed by atoms with van der Waals surface area (Å²) in [6.07, 6.45) is -3.73. The van der Waals surface area contributed by atoms with Crippen molar-refractivity contribution in [2.45, 2.75) is 25.9 Å². The highest BCUT2D eigenvalue weighted by molar-refractivity contribution is 5.90. The van der Waals surface area contributed by atoms with Crippen molar-refractivity contribution in [2.75, 3.05) is 18.5 Å². The van der Waals surface area contributed by atoms with Crippen LogP contribution in [0, 0.1) is 0 Å². The molecular weight excluding hydrogens is 347 g/mol. The predicted molar refractivity (Wildman–Crippen MR) is 92.4 cm³/mol. The third-order valence-electron chi connectivity index (χ3n) is 3.45. The Kier molecular flexibility index (Phi) is 6.89. The molecule has 0 aliphatic carbocycles. The summed E-state index contributed by atoms with van der Waals surface area (Å²) in [7, 11) is 0. The highest BCUT2D eigenvalue weighted by atomic mass is 19.4. The third-order valence-corrected chi connectivity index (χ3v) is 3.45. The molecule has 2 rings (SSSR count). The minimum atomic E-state index is -4.39. The van der Waals surface area contributed by atoms with Gasteiger partial charge in [0.2, 0.25) is 5.91 Å². The monoisotopic (exact) mass is 367 g/mol. The first-order valence-corrected chi connectivity index (χ1v) is 8.22. The van der Waals surface area contributed by atoms with E-state index in [1.807, 2.05) is 19.1 Å².